The fourth-order valence-corrected chi connectivity index (χ4v) is 3.72. The van der Waals surface area contributed by atoms with Crippen molar-refractivity contribution in [3.8, 4) is 11.5 Å². The highest BCUT2D eigenvalue weighted by atomic mass is 32.2. The number of para-hydroxylation sites is 1. The number of amides is 2. The van der Waals surface area contributed by atoms with E-state index in [9.17, 15) is 22.8 Å². The molecule has 11 heteroatoms. The zero-order chi connectivity index (χ0) is 24.1. The molecule has 176 valence electrons. The van der Waals surface area contributed by atoms with Crippen LogP contribution >= 0.6 is 11.8 Å². The molecule has 0 spiro atoms. The Bertz CT molecular complexity index is 1200. The van der Waals surface area contributed by atoms with Gasteiger partial charge in [0, 0.05) is 12.7 Å². The fraction of sp³-hybridized carbons (Fsp3) is 0.174. The molecule has 0 atom stereocenters. The van der Waals surface area contributed by atoms with Crippen molar-refractivity contribution in [2.24, 2.45) is 0 Å². The van der Waals surface area contributed by atoms with Gasteiger partial charge in [-0.3, -0.25) is 9.59 Å². The maximum Gasteiger partial charge on any atom is 0.417 e. The molecule has 1 aliphatic rings. The Hall–Kier alpha value is -3.73. The van der Waals surface area contributed by atoms with Crippen molar-refractivity contribution in [2.45, 2.75) is 17.7 Å². The van der Waals surface area contributed by atoms with E-state index >= 15 is 0 Å². The number of ether oxygens (including phenoxy) is 2. The van der Waals surface area contributed by atoms with Gasteiger partial charge in [-0.15, -0.1) is 0 Å². The van der Waals surface area contributed by atoms with Crippen LogP contribution in [0.3, 0.4) is 0 Å². The Kier molecular flexibility index (Phi) is 6.92. The van der Waals surface area contributed by atoms with E-state index in [0.29, 0.717) is 17.2 Å². The highest BCUT2D eigenvalue weighted by Gasteiger charge is 2.30. The smallest absolute Gasteiger partial charge is 0.417 e. The largest absolute Gasteiger partial charge is 0.454 e. The molecule has 3 aromatic rings. The van der Waals surface area contributed by atoms with E-state index in [1.165, 1.54) is 6.07 Å². The average molecular weight is 489 g/mol. The molecule has 0 saturated carbocycles. The predicted octanol–water partition coefficient (Wildman–Crippen LogP) is 4.49. The van der Waals surface area contributed by atoms with Crippen LogP contribution in [0.15, 0.2) is 65.8 Å². The Morgan fingerprint density at radius 3 is 2.59 bits per heavy atom. The number of alkyl halides is 3. The summed E-state index contributed by atoms with van der Waals surface area (Å²) in [4.78, 5) is 28.8. The number of aromatic nitrogens is 1. The lowest BCUT2D eigenvalue weighted by Crippen LogP contribution is -2.25. The van der Waals surface area contributed by atoms with Gasteiger partial charge < -0.3 is 20.1 Å². The number of thioether (sulfide) groups is 1. The van der Waals surface area contributed by atoms with Crippen molar-refractivity contribution in [3.05, 3.63) is 77.5 Å². The minimum absolute atomic E-state index is 0.0918. The second-order valence-electron chi connectivity index (χ2n) is 7.14. The zero-order valence-corrected chi connectivity index (χ0v) is 18.3. The first-order valence-corrected chi connectivity index (χ1v) is 11.0. The number of fused-ring (bicyclic) bond motifs is 1. The fourth-order valence-electron chi connectivity index (χ4n) is 3.08. The SMILES string of the molecule is O=C(CSc1ccc(C(F)(F)F)cn1)Nc1ccccc1C(=O)NCc1ccc2c(c1)OCO2. The molecule has 34 heavy (non-hydrogen) atoms. The van der Waals surface area contributed by atoms with Gasteiger partial charge in [0.1, 0.15) is 0 Å². The van der Waals surface area contributed by atoms with Crippen LogP contribution in [0.25, 0.3) is 0 Å². The molecule has 1 aliphatic heterocycles. The number of hydrogen-bond donors (Lipinski definition) is 2. The van der Waals surface area contributed by atoms with Crippen molar-refractivity contribution in [1.29, 1.82) is 0 Å². The van der Waals surface area contributed by atoms with E-state index in [-0.39, 0.29) is 35.6 Å². The average Bonchev–Trinajstić information content (AvgIpc) is 3.29. The normalized spacial score (nSPS) is 12.3. The first kappa shape index (κ1) is 23.4. The third-order valence-electron chi connectivity index (χ3n) is 4.75. The van der Waals surface area contributed by atoms with Crippen LogP contribution < -0.4 is 20.1 Å². The molecule has 0 unspecified atom stereocenters. The van der Waals surface area contributed by atoms with E-state index in [2.05, 4.69) is 15.6 Å². The van der Waals surface area contributed by atoms with Crippen LogP contribution in [-0.2, 0) is 17.5 Å². The van der Waals surface area contributed by atoms with Crippen LogP contribution in [-0.4, -0.2) is 29.3 Å². The molecule has 0 saturated heterocycles. The molecule has 2 heterocycles. The summed E-state index contributed by atoms with van der Waals surface area (Å²) in [6, 6.07) is 14.0. The van der Waals surface area contributed by atoms with Crippen LogP contribution in [0, 0.1) is 0 Å². The first-order valence-electron chi connectivity index (χ1n) is 10.0. The summed E-state index contributed by atoms with van der Waals surface area (Å²) in [7, 11) is 0. The third-order valence-corrected chi connectivity index (χ3v) is 5.69. The van der Waals surface area contributed by atoms with Crippen LogP contribution in [0.5, 0.6) is 11.5 Å². The molecule has 2 aromatic carbocycles. The minimum Gasteiger partial charge on any atom is -0.454 e. The Morgan fingerprint density at radius 2 is 1.82 bits per heavy atom. The minimum atomic E-state index is -4.47. The summed E-state index contributed by atoms with van der Waals surface area (Å²) in [5, 5.41) is 5.74. The second kappa shape index (κ2) is 10.0. The molecule has 2 amide bonds. The lowest BCUT2D eigenvalue weighted by molar-refractivity contribution is -0.137. The number of nitrogens with zero attached hydrogens (tertiary/aromatic N) is 1. The first-order chi connectivity index (χ1) is 16.3. The number of halogens is 3. The van der Waals surface area contributed by atoms with E-state index < -0.39 is 17.6 Å². The lowest BCUT2D eigenvalue weighted by Gasteiger charge is -2.12. The molecule has 7 nitrogen and oxygen atoms in total. The van der Waals surface area contributed by atoms with Gasteiger partial charge in [-0.25, -0.2) is 4.98 Å². The quantitative estimate of drug-likeness (QED) is 0.476. The summed E-state index contributed by atoms with van der Waals surface area (Å²) in [5.74, 6) is 0.353. The van der Waals surface area contributed by atoms with Gasteiger partial charge in [0.25, 0.3) is 5.91 Å². The maximum atomic E-state index is 12.7. The van der Waals surface area contributed by atoms with E-state index in [1.807, 2.05) is 6.07 Å². The molecule has 0 bridgehead atoms. The number of nitrogens with one attached hydrogen (secondary N) is 2. The van der Waals surface area contributed by atoms with Gasteiger partial charge in [-0.05, 0) is 42.0 Å². The van der Waals surface area contributed by atoms with E-state index in [1.54, 1.807) is 36.4 Å². The molecule has 0 aliphatic carbocycles. The highest BCUT2D eigenvalue weighted by molar-refractivity contribution is 7.99. The van der Waals surface area contributed by atoms with Crippen molar-refractivity contribution < 1.29 is 32.2 Å². The van der Waals surface area contributed by atoms with Crippen molar-refractivity contribution in [3.63, 3.8) is 0 Å². The number of anilines is 1. The summed E-state index contributed by atoms with van der Waals surface area (Å²) in [6.07, 6.45) is -3.75. The van der Waals surface area contributed by atoms with E-state index in [0.717, 1.165) is 29.6 Å². The van der Waals surface area contributed by atoms with E-state index in [4.69, 9.17) is 9.47 Å². The number of carbonyl (C=O) groups is 2. The zero-order valence-electron chi connectivity index (χ0n) is 17.5. The highest BCUT2D eigenvalue weighted by Crippen LogP contribution is 2.32. The number of hydrogen-bond acceptors (Lipinski definition) is 6. The van der Waals surface area contributed by atoms with Crippen LogP contribution in [0.4, 0.5) is 18.9 Å². The number of rotatable bonds is 7. The molecule has 1 aromatic heterocycles. The predicted molar refractivity (Wildman–Crippen MR) is 119 cm³/mol. The third kappa shape index (κ3) is 5.79. The summed E-state index contributed by atoms with van der Waals surface area (Å²) < 4.78 is 48.5. The van der Waals surface area contributed by atoms with Crippen LogP contribution in [0.2, 0.25) is 0 Å². The van der Waals surface area contributed by atoms with Gasteiger partial charge in [0.05, 0.1) is 27.6 Å². The van der Waals surface area contributed by atoms with Gasteiger partial charge in [-0.2, -0.15) is 13.2 Å². The standard InChI is InChI=1S/C23H18F3N3O4S/c24-23(25,26)15-6-8-21(27-11-15)34-12-20(30)29-17-4-2-1-3-16(17)22(31)28-10-14-5-7-18-19(9-14)33-13-32-18/h1-9,11H,10,12-13H2,(H,28,31)(H,29,30). The van der Waals surface area contributed by atoms with Gasteiger partial charge in [0.2, 0.25) is 12.7 Å². The molecular weight excluding hydrogens is 471 g/mol. The molecule has 0 fully saturated rings. The van der Waals surface area contributed by atoms with Gasteiger partial charge in [-0.1, -0.05) is 30.0 Å². The lowest BCUT2D eigenvalue weighted by atomic mass is 10.1. The van der Waals surface area contributed by atoms with Crippen molar-refractivity contribution in [1.82, 2.24) is 10.3 Å². The summed E-state index contributed by atoms with van der Waals surface area (Å²) in [6.45, 7) is 0.401. The van der Waals surface area contributed by atoms with Crippen LogP contribution in [0.1, 0.15) is 21.5 Å². The molecular formula is C23H18F3N3O4S. The van der Waals surface area contributed by atoms with Gasteiger partial charge >= 0.3 is 6.18 Å². The molecule has 4 rings (SSSR count). The van der Waals surface area contributed by atoms with Crippen molar-refractivity contribution >= 4 is 29.3 Å². The monoisotopic (exact) mass is 489 g/mol. The Balaban J connectivity index is 1.33. The second-order valence-corrected chi connectivity index (χ2v) is 8.13. The van der Waals surface area contributed by atoms with Crippen molar-refractivity contribution in [2.75, 3.05) is 17.9 Å². The molecule has 2 N–H and O–H groups in total. The summed E-state index contributed by atoms with van der Waals surface area (Å²) >= 11 is 0.985. The number of benzene rings is 2. The topological polar surface area (TPSA) is 89.6 Å². The number of carbonyl (C=O) groups excluding carboxylic acids is 2. The maximum absolute atomic E-state index is 12.7. The molecule has 0 radical (unpaired) electrons. The number of pyridine rings is 1. The Morgan fingerprint density at radius 1 is 1.03 bits per heavy atom. The summed E-state index contributed by atoms with van der Waals surface area (Å²) in [5.41, 5.74) is 0.549. The van der Waals surface area contributed by atoms with Gasteiger partial charge in [0.15, 0.2) is 11.5 Å². The Labute approximate surface area is 196 Å².